The van der Waals surface area contributed by atoms with Gasteiger partial charge in [-0.3, -0.25) is 4.79 Å². The summed E-state index contributed by atoms with van der Waals surface area (Å²) in [7, 11) is 0. The summed E-state index contributed by atoms with van der Waals surface area (Å²) < 4.78 is 16.3. The Labute approximate surface area is 179 Å². The second-order valence-corrected chi connectivity index (χ2v) is 7.96. The minimum absolute atomic E-state index is 0.0743. The Balaban J connectivity index is 1.78. The number of allylic oxidation sites excluding steroid dienone is 1. The number of carbonyl (C=O) groups excluding carboxylic acids is 2. The van der Waals surface area contributed by atoms with Gasteiger partial charge < -0.3 is 39.7 Å². The molecular formula is C21H28O10. The lowest BCUT2D eigenvalue weighted by atomic mass is 9.85. The van der Waals surface area contributed by atoms with Gasteiger partial charge in [0.05, 0.1) is 25.2 Å². The van der Waals surface area contributed by atoms with Crippen LogP contribution in [-0.4, -0.2) is 93.9 Å². The molecule has 1 aliphatic carbocycles. The number of aliphatic hydroxyl groups excluding tert-OH is 5. The maximum atomic E-state index is 12.0. The van der Waals surface area contributed by atoms with Crippen molar-refractivity contribution in [2.45, 2.75) is 62.2 Å². The Bertz CT molecular complexity index is 757. The summed E-state index contributed by atoms with van der Waals surface area (Å²) in [6.45, 7) is 3.04. The van der Waals surface area contributed by atoms with Crippen LogP contribution in [0.1, 0.15) is 19.3 Å². The van der Waals surface area contributed by atoms with Crippen molar-refractivity contribution in [1.82, 2.24) is 0 Å². The van der Waals surface area contributed by atoms with E-state index < -0.39 is 61.4 Å². The van der Waals surface area contributed by atoms with Crippen molar-refractivity contribution in [1.29, 1.82) is 0 Å². The zero-order chi connectivity index (χ0) is 22.7. The van der Waals surface area contributed by atoms with Crippen LogP contribution in [0.5, 0.6) is 0 Å². The van der Waals surface area contributed by atoms with E-state index in [1.165, 1.54) is 0 Å². The average molecular weight is 440 g/mol. The highest BCUT2D eigenvalue weighted by Crippen LogP contribution is 2.34. The van der Waals surface area contributed by atoms with Crippen LogP contribution in [0, 0.1) is 5.92 Å². The Morgan fingerprint density at radius 3 is 2.61 bits per heavy atom. The summed E-state index contributed by atoms with van der Waals surface area (Å²) in [5, 5.41) is 49.8. The molecule has 10 nitrogen and oxygen atoms in total. The largest absolute Gasteiger partial charge is 0.454 e. The molecule has 0 aromatic heterocycles. The van der Waals surface area contributed by atoms with Crippen molar-refractivity contribution in [3.8, 4) is 0 Å². The lowest BCUT2D eigenvalue weighted by Gasteiger charge is -2.39. The molecule has 5 N–H and O–H groups in total. The fourth-order valence-electron chi connectivity index (χ4n) is 4.02. The number of aliphatic hydroxyl groups is 5. The van der Waals surface area contributed by atoms with Gasteiger partial charge in [-0.1, -0.05) is 12.7 Å². The van der Waals surface area contributed by atoms with Gasteiger partial charge in [-0.25, -0.2) is 4.79 Å². The molecule has 172 valence electrons. The van der Waals surface area contributed by atoms with Crippen molar-refractivity contribution < 1.29 is 49.3 Å². The second-order valence-electron chi connectivity index (χ2n) is 7.96. The molecule has 5 unspecified atom stereocenters. The number of carbonyl (C=O) groups is 2. The predicted molar refractivity (Wildman–Crippen MR) is 104 cm³/mol. The van der Waals surface area contributed by atoms with Crippen LogP contribution >= 0.6 is 0 Å². The van der Waals surface area contributed by atoms with Gasteiger partial charge in [-0.2, -0.15) is 0 Å². The first-order valence-corrected chi connectivity index (χ1v) is 10.1. The van der Waals surface area contributed by atoms with Crippen LogP contribution in [-0.2, 0) is 23.8 Å². The molecule has 0 aromatic carbocycles. The van der Waals surface area contributed by atoms with Crippen LogP contribution in [0.2, 0.25) is 0 Å². The molecular weight excluding hydrogens is 412 g/mol. The molecule has 2 fully saturated rings. The van der Waals surface area contributed by atoms with Gasteiger partial charge in [-0.15, -0.1) is 0 Å². The molecule has 2 heterocycles. The number of rotatable bonds is 5. The minimum atomic E-state index is -1.56. The Morgan fingerprint density at radius 2 is 1.94 bits per heavy atom. The number of aldehydes is 1. The lowest BCUT2D eigenvalue weighted by molar-refractivity contribution is -0.299. The summed E-state index contributed by atoms with van der Waals surface area (Å²) in [5.74, 6) is -1.36. The average Bonchev–Trinajstić information content (AvgIpc) is 3.03. The first-order chi connectivity index (χ1) is 14.8. The molecule has 8 atom stereocenters. The molecule has 2 saturated heterocycles. The molecule has 0 spiro atoms. The molecule has 0 bridgehead atoms. The van der Waals surface area contributed by atoms with Crippen molar-refractivity contribution in [2.24, 2.45) is 5.92 Å². The van der Waals surface area contributed by atoms with Crippen LogP contribution in [0.3, 0.4) is 0 Å². The number of esters is 1. The number of fused-ring (bicyclic) bond motifs is 1. The summed E-state index contributed by atoms with van der Waals surface area (Å²) in [6.07, 6.45) is -3.89. The molecule has 3 aliphatic rings. The fraction of sp³-hybridized carbons (Fsp3) is 0.619. The summed E-state index contributed by atoms with van der Waals surface area (Å²) in [6, 6.07) is 0. The molecule has 2 aliphatic heterocycles. The third kappa shape index (κ3) is 5.12. The van der Waals surface area contributed by atoms with Crippen LogP contribution in [0.15, 0.2) is 35.5 Å². The van der Waals surface area contributed by atoms with E-state index in [0.717, 1.165) is 0 Å². The fourth-order valence-corrected chi connectivity index (χ4v) is 4.02. The van der Waals surface area contributed by atoms with Gasteiger partial charge in [-0.05, 0) is 30.1 Å². The Kier molecular flexibility index (Phi) is 7.76. The molecule has 0 amide bonds. The van der Waals surface area contributed by atoms with E-state index in [1.807, 2.05) is 0 Å². The topological polar surface area (TPSA) is 163 Å². The van der Waals surface area contributed by atoms with Crippen LogP contribution in [0.4, 0.5) is 0 Å². The van der Waals surface area contributed by atoms with Gasteiger partial charge in [0, 0.05) is 12.0 Å². The van der Waals surface area contributed by atoms with Crippen LogP contribution < -0.4 is 0 Å². The highest BCUT2D eigenvalue weighted by Gasteiger charge is 2.45. The van der Waals surface area contributed by atoms with E-state index in [2.05, 4.69) is 6.58 Å². The van der Waals surface area contributed by atoms with E-state index in [0.29, 0.717) is 30.3 Å². The van der Waals surface area contributed by atoms with Crippen molar-refractivity contribution in [3.05, 3.63) is 35.5 Å². The molecule has 0 aromatic rings. The van der Waals surface area contributed by atoms with E-state index in [1.54, 1.807) is 12.2 Å². The first kappa shape index (κ1) is 23.7. The summed E-state index contributed by atoms with van der Waals surface area (Å²) in [5.41, 5.74) is 1.16. The lowest BCUT2D eigenvalue weighted by Crippen LogP contribution is -2.59. The maximum absolute atomic E-state index is 12.0. The Hall–Kier alpha value is -1.92. The van der Waals surface area contributed by atoms with Gasteiger partial charge in [0.2, 0.25) is 0 Å². The standard InChI is InChI=1S/C21H28O10/c1-10-16-13(24)5-11(7-22)3-2-4-12(6-14(16)30-20(10)28)9-29-21-19(27)18(26)17(25)15(8-23)31-21/h3,6-7,13-19,21,23-27H,1-2,4-5,8-9H2/b11-3+,12-6-/t13-,14+,15?,16+,17?,18?,19?,21?/m0/s1. The summed E-state index contributed by atoms with van der Waals surface area (Å²) >= 11 is 0. The predicted octanol–water partition coefficient (Wildman–Crippen LogP) is -1.50. The molecule has 31 heavy (non-hydrogen) atoms. The smallest absolute Gasteiger partial charge is 0.334 e. The van der Waals surface area contributed by atoms with Gasteiger partial charge in [0.25, 0.3) is 0 Å². The highest BCUT2D eigenvalue weighted by molar-refractivity contribution is 5.91. The first-order valence-electron chi connectivity index (χ1n) is 10.1. The van der Waals surface area contributed by atoms with Crippen LogP contribution in [0.25, 0.3) is 0 Å². The summed E-state index contributed by atoms with van der Waals surface area (Å²) in [4.78, 5) is 23.3. The number of hydrogen-bond acceptors (Lipinski definition) is 10. The zero-order valence-electron chi connectivity index (χ0n) is 16.9. The maximum Gasteiger partial charge on any atom is 0.334 e. The highest BCUT2D eigenvalue weighted by atomic mass is 16.7. The van der Waals surface area contributed by atoms with Crippen molar-refractivity contribution >= 4 is 12.3 Å². The number of hydrogen-bond donors (Lipinski definition) is 5. The van der Waals surface area contributed by atoms with E-state index >= 15 is 0 Å². The third-order valence-electron chi connectivity index (χ3n) is 5.83. The normalized spacial score (nSPS) is 42.6. The quantitative estimate of drug-likeness (QED) is 0.147. The SMILES string of the molecule is C=C1C(=O)O[C@@H]2/C=C(\COC3OC(CO)C(O)C(O)C3O)CC/C=C(/C=O)C[C@H](O)[C@@H]12. The van der Waals surface area contributed by atoms with E-state index in [9.17, 15) is 35.1 Å². The molecule has 0 radical (unpaired) electrons. The number of ether oxygens (including phenoxy) is 3. The van der Waals surface area contributed by atoms with Crippen molar-refractivity contribution in [2.75, 3.05) is 13.2 Å². The van der Waals surface area contributed by atoms with Gasteiger partial charge >= 0.3 is 5.97 Å². The van der Waals surface area contributed by atoms with E-state index in [4.69, 9.17) is 14.2 Å². The zero-order valence-corrected chi connectivity index (χ0v) is 16.9. The molecule has 0 saturated carbocycles. The second kappa shape index (κ2) is 10.1. The van der Waals surface area contributed by atoms with Gasteiger partial charge in [0.15, 0.2) is 6.29 Å². The third-order valence-corrected chi connectivity index (χ3v) is 5.83. The van der Waals surface area contributed by atoms with Crippen molar-refractivity contribution in [3.63, 3.8) is 0 Å². The molecule has 3 rings (SSSR count). The van der Waals surface area contributed by atoms with E-state index in [-0.39, 0.29) is 18.6 Å². The van der Waals surface area contributed by atoms with Gasteiger partial charge in [0.1, 0.15) is 36.8 Å². The Morgan fingerprint density at radius 1 is 1.19 bits per heavy atom. The monoisotopic (exact) mass is 440 g/mol. The minimum Gasteiger partial charge on any atom is -0.454 e. The molecule has 10 heteroatoms.